The Balaban J connectivity index is 2.19. The van der Waals surface area contributed by atoms with Crippen LogP contribution in [0.4, 0.5) is 0 Å². The number of piperidine rings is 1. The van der Waals surface area contributed by atoms with Gasteiger partial charge in [-0.25, -0.2) is 0 Å². The van der Waals surface area contributed by atoms with Crippen LogP contribution in [-0.4, -0.2) is 28.3 Å². The first-order valence-electron chi connectivity index (χ1n) is 6.33. The standard InChI is InChI=1S/C14H17NO4/c16-12-8-11(9-4-2-1-3-5-9)10(14(19)15-12)6-7-13(17)18/h1-5,10-12,16H,6-8H2,(H,15,19)(H,17,18). The molecule has 1 aromatic rings. The number of benzene rings is 1. The molecule has 1 aromatic carbocycles. The molecule has 0 aromatic heterocycles. The second-order valence-corrected chi connectivity index (χ2v) is 4.82. The van der Waals surface area contributed by atoms with Gasteiger partial charge in [-0.3, -0.25) is 9.59 Å². The highest BCUT2D eigenvalue weighted by Gasteiger charge is 2.36. The average Bonchev–Trinajstić information content (AvgIpc) is 2.37. The van der Waals surface area contributed by atoms with Gasteiger partial charge in [0.15, 0.2) is 0 Å². The summed E-state index contributed by atoms with van der Waals surface area (Å²) in [4.78, 5) is 22.6. The van der Waals surface area contributed by atoms with E-state index in [4.69, 9.17) is 5.11 Å². The summed E-state index contributed by atoms with van der Waals surface area (Å²) in [6, 6.07) is 9.45. The minimum Gasteiger partial charge on any atom is -0.481 e. The number of hydrogen-bond donors (Lipinski definition) is 3. The van der Waals surface area contributed by atoms with Crippen molar-refractivity contribution in [2.24, 2.45) is 5.92 Å². The Kier molecular flexibility index (Phi) is 4.16. The lowest BCUT2D eigenvalue weighted by atomic mass is 9.78. The number of carboxylic acid groups (broad SMARTS) is 1. The first-order chi connectivity index (χ1) is 9.08. The molecule has 1 amide bonds. The summed E-state index contributed by atoms with van der Waals surface area (Å²) in [6.07, 6.45) is -0.204. The summed E-state index contributed by atoms with van der Waals surface area (Å²) in [5, 5.41) is 20.9. The molecular formula is C14H17NO4. The van der Waals surface area contributed by atoms with Crippen molar-refractivity contribution in [3.8, 4) is 0 Å². The number of carbonyl (C=O) groups is 2. The van der Waals surface area contributed by atoms with Gasteiger partial charge in [0, 0.05) is 12.3 Å². The van der Waals surface area contributed by atoms with Gasteiger partial charge in [0.1, 0.15) is 6.23 Å². The topological polar surface area (TPSA) is 86.6 Å². The van der Waals surface area contributed by atoms with E-state index in [2.05, 4.69) is 5.32 Å². The fourth-order valence-electron chi connectivity index (χ4n) is 2.60. The first-order valence-corrected chi connectivity index (χ1v) is 6.33. The minimum absolute atomic E-state index is 0.0441. The molecule has 3 N–H and O–H groups in total. The molecule has 3 atom stereocenters. The van der Waals surface area contributed by atoms with E-state index in [1.165, 1.54) is 0 Å². The highest BCUT2D eigenvalue weighted by atomic mass is 16.4. The molecule has 1 fully saturated rings. The van der Waals surface area contributed by atoms with E-state index in [0.29, 0.717) is 6.42 Å². The maximum Gasteiger partial charge on any atom is 0.303 e. The Labute approximate surface area is 111 Å². The van der Waals surface area contributed by atoms with Crippen molar-refractivity contribution in [3.63, 3.8) is 0 Å². The van der Waals surface area contributed by atoms with Gasteiger partial charge in [-0.15, -0.1) is 0 Å². The lowest BCUT2D eigenvalue weighted by Gasteiger charge is -2.34. The molecule has 1 saturated heterocycles. The minimum atomic E-state index is -0.911. The fraction of sp³-hybridized carbons (Fsp3) is 0.429. The number of carboxylic acids is 1. The summed E-state index contributed by atoms with van der Waals surface area (Å²) in [6.45, 7) is 0. The van der Waals surface area contributed by atoms with Crippen molar-refractivity contribution in [2.45, 2.75) is 31.4 Å². The number of aliphatic hydroxyl groups is 1. The van der Waals surface area contributed by atoms with Crippen molar-refractivity contribution in [2.75, 3.05) is 0 Å². The molecule has 1 aliphatic heterocycles. The van der Waals surface area contributed by atoms with Gasteiger partial charge in [0.2, 0.25) is 5.91 Å². The van der Waals surface area contributed by atoms with Crippen LogP contribution in [0.3, 0.4) is 0 Å². The molecule has 0 saturated carbocycles. The zero-order valence-electron chi connectivity index (χ0n) is 10.5. The molecule has 1 aliphatic rings. The molecule has 1 heterocycles. The molecule has 102 valence electrons. The summed E-state index contributed by atoms with van der Waals surface area (Å²) in [5.74, 6) is -1.72. The maximum atomic E-state index is 11.9. The molecule has 3 unspecified atom stereocenters. The molecule has 0 aliphatic carbocycles. The van der Waals surface area contributed by atoms with Crippen LogP contribution < -0.4 is 5.32 Å². The van der Waals surface area contributed by atoms with Crippen LogP contribution in [0.25, 0.3) is 0 Å². The quantitative estimate of drug-likeness (QED) is 0.759. The maximum absolute atomic E-state index is 11.9. The van der Waals surface area contributed by atoms with E-state index in [-0.39, 0.29) is 24.7 Å². The lowest BCUT2D eigenvalue weighted by Crippen LogP contribution is -2.47. The second-order valence-electron chi connectivity index (χ2n) is 4.82. The predicted molar refractivity (Wildman–Crippen MR) is 68.3 cm³/mol. The Morgan fingerprint density at radius 2 is 2.00 bits per heavy atom. The van der Waals surface area contributed by atoms with Gasteiger partial charge in [0.05, 0.1) is 0 Å². The summed E-state index contributed by atoms with van der Waals surface area (Å²) in [7, 11) is 0. The molecule has 19 heavy (non-hydrogen) atoms. The Hall–Kier alpha value is -1.88. The van der Waals surface area contributed by atoms with Gasteiger partial charge in [-0.2, -0.15) is 0 Å². The zero-order valence-corrected chi connectivity index (χ0v) is 10.5. The van der Waals surface area contributed by atoms with Crippen LogP contribution >= 0.6 is 0 Å². The van der Waals surface area contributed by atoms with Crippen LogP contribution in [0.2, 0.25) is 0 Å². The van der Waals surface area contributed by atoms with E-state index in [9.17, 15) is 14.7 Å². The number of rotatable bonds is 4. The number of nitrogens with one attached hydrogen (secondary N) is 1. The van der Waals surface area contributed by atoms with Gasteiger partial charge in [-0.1, -0.05) is 30.3 Å². The van der Waals surface area contributed by atoms with E-state index >= 15 is 0 Å². The van der Waals surface area contributed by atoms with Crippen LogP contribution in [-0.2, 0) is 9.59 Å². The van der Waals surface area contributed by atoms with Gasteiger partial charge in [-0.05, 0) is 24.3 Å². The highest BCUT2D eigenvalue weighted by molar-refractivity contribution is 5.81. The predicted octanol–water partition coefficient (Wildman–Crippen LogP) is 1.09. The highest BCUT2D eigenvalue weighted by Crippen LogP contribution is 2.35. The van der Waals surface area contributed by atoms with Crippen LogP contribution in [0.15, 0.2) is 30.3 Å². The number of aliphatic carboxylic acids is 1. The van der Waals surface area contributed by atoms with Crippen LogP contribution in [0.1, 0.15) is 30.7 Å². The third-order valence-corrected chi connectivity index (χ3v) is 3.51. The van der Waals surface area contributed by atoms with Gasteiger partial charge < -0.3 is 15.5 Å². The third-order valence-electron chi connectivity index (χ3n) is 3.51. The monoisotopic (exact) mass is 263 g/mol. The largest absolute Gasteiger partial charge is 0.481 e. The average molecular weight is 263 g/mol. The molecule has 2 rings (SSSR count). The Morgan fingerprint density at radius 1 is 1.32 bits per heavy atom. The van der Waals surface area contributed by atoms with Crippen molar-refractivity contribution in [3.05, 3.63) is 35.9 Å². The van der Waals surface area contributed by atoms with Crippen molar-refractivity contribution >= 4 is 11.9 Å². The van der Waals surface area contributed by atoms with Crippen molar-refractivity contribution in [1.82, 2.24) is 5.32 Å². The van der Waals surface area contributed by atoms with Crippen molar-refractivity contribution < 1.29 is 19.8 Å². The van der Waals surface area contributed by atoms with Crippen LogP contribution in [0.5, 0.6) is 0 Å². The first kappa shape index (κ1) is 13.5. The summed E-state index contributed by atoms with van der Waals surface area (Å²) < 4.78 is 0. The normalized spacial score (nSPS) is 26.8. The molecule has 0 bridgehead atoms. The van der Waals surface area contributed by atoms with E-state index in [1.54, 1.807) is 0 Å². The SMILES string of the molecule is O=C(O)CCC1C(=O)NC(O)CC1c1ccccc1. The van der Waals surface area contributed by atoms with E-state index < -0.39 is 18.1 Å². The summed E-state index contributed by atoms with van der Waals surface area (Å²) >= 11 is 0. The molecule has 5 heteroatoms. The lowest BCUT2D eigenvalue weighted by molar-refractivity contribution is -0.138. The van der Waals surface area contributed by atoms with E-state index in [1.807, 2.05) is 30.3 Å². The fourth-order valence-corrected chi connectivity index (χ4v) is 2.60. The second kappa shape index (κ2) is 5.84. The summed E-state index contributed by atoms with van der Waals surface area (Å²) in [5.41, 5.74) is 0.965. The number of carbonyl (C=O) groups excluding carboxylic acids is 1. The molecule has 5 nitrogen and oxygen atoms in total. The van der Waals surface area contributed by atoms with Gasteiger partial charge >= 0.3 is 5.97 Å². The van der Waals surface area contributed by atoms with Crippen LogP contribution in [0, 0.1) is 5.92 Å². The Bertz CT molecular complexity index is 460. The smallest absolute Gasteiger partial charge is 0.303 e. The Morgan fingerprint density at radius 3 is 2.63 bits per heavy atom. The number of amides is 1. The zero-order chi connectivity index (χ0) is 13.8. The van der Waals surface area contributed by atoms with E-state index in [0.717, 1.165) is 5.56 Å². The third kappa shape index (κ3) is 3.32. The number of aliphatic hydroxyl groups excluding tert-OH is 1. The number of hydrogen-bond acceptors (Lipinski definition) is 3. The molecular weight excluding hydrogens is 246 g/mol. The van der Waals surface area contributed by atoms with Gasteiger partial charge in [0.25, 0.3) is 0 Å². The molecule has 0 spiro atoms. The molecule has 0 radical (unpaired) electrons. The van der Waals surface area contributed by atoms with Crippen molar-refractivity contribution in [1.29, 1.82) is 0 Å².